The fraction of sp³-hybridized carbons (Fsp3) is 0.412. The monoisotopic (exact) mass is 316 g/mol. The normalized spacial score (nSPS) is 21.1. The van der Waals surface area contributed by atoms with Crippen molar-refractivity contribution in [2.75, 3.05) is 5.75 Å². The zero-order valence-electron chi connectivity index (χ0n) is 12.6. The molecule has 1 amide bonds. The van der Waals surface area contributed by atoms with Gasteiger partial charge in [-0.2, -0.15) is 11.8 Å². The largest absolute Gasteiger partial charge is 0.347 e. The molecule has 2 unspecified atom stereocenters. The quantitative estimate of drug-likeness (QED) is 0.911. The average molecular weight is 316 g/mol. The molecule has 2 N–H and O–H groups in total. The molecule has 2 aromatic rings. The van der Waals surface area contributed by atoms with Crippen LogP contribution in [0.4, 0.5) is 0 Å². The standard InChI is InChI=1S/C17H20N2O2S/c1-2-22-15-9-5-8-13(15)18-17(21)14-10-11-6-3-4-7-12(11)16(20)19-14/h3-4,6-7,10,13,15H,2,5,8-9H2,1H3,(H,18,21)(H,19,20). The van der Waals surface area contributed by atoms with E-state index in [1.54, 1.807) is 12.1 Å². The predicted octanol–water partition coefficient (Wildman–Crippen LogP) is 2.93. The molecule has 1 heterocycles. The highest BCUT2D eigenvalue weighted by atomic mass is 32.2. The van der Waals surface area contributed by atoms with E-state index in [-0.39, 0.29) is 17.5 Å². The number of hydrogen-bond acceptors (Lipinski definition) is 3. The van der Waals surface area contributed by atoms with Gasteiger partial charge in [0.05, 0.1) is 0 Å². The summed E-state index contributed by atoms with van der Waals surface area (Å²) in [7, 11) is 0. The Balaban J connectivity index is 1.82. The maximum absolute atomic E-state index is 12.5. The second-order valence-electron chi connectivity index (χ2n) is 5.60. The highest BCUT2D eigenvalue weighted by Gasteiger charge is 2.28. The summed E-state index contributed by atoms with van der Waals surface area (Å²) in [5.74, 6) is 0.876. The van der Waals surface area contributed by atoms with E-state index in [0.29, 0.717) is 16.3 Å². The van der Waals surface area contributed by atoms with Crippen LogP contribution in [-0.4, -0.2) is 27.9 Å². The molecule has 0 radical (unpaired) electrons. The van der Waals surface area contributed by atoms with Crippen molar-refractivity contribution in [2.24, 2.45) is 0 Å². The van der Waals surface area contributed by atoms with E-state index in [2.05, 4.69) is 17.2 Å². The lowest BCUT2D eigenvalue weighted by molar-refractivity contribution is 0.0933. The molecule has 1 saturated carbocycles. The third kappa shape index (κ3) is 3.04. The maximum atomic E-state index is 12.5. The Bertz CT molecular complexity index is 741. The fourth-order valence-corrected chi connectivity index (χ4v) is 4.28. The molecular formula is C17H20N2O2S. The van der Waals surface area contributed by atoms with Crippen LogP contribution < -0.4 is 10.9 Å². The lowest BCUT2D eigenvalue weighted by atomic mass is 10.1. The number of amides is 1. The van der Waals surface area contributed by atoms with Crippen LogP contribution in [0.2, 0.25) is 0 Å². The third-order valence-electron chi connectivity index (χ3n) is 4.15. The van der Waals surface area contributed by atoms with Gasteiger partial charge < -0.3 is 10.3 Å². The number of pyridine rings is 1. The molecule has 0 bridgehead atoms. The van der Waals surface area contributed by atoms with Crippen molar-refractivity contribution in [3.63, 3.8) is 0 Å². The van der Waals surface area contributed by atoms with Crippen LogP contribution in [-0.2, 0) is 0 Å². The molecule has 1 fully saturated rings. The van der Waals surface area contributed by atoms with E-state index in [1.807, 2.05) is 30.0 Å². The topological polar surface area (TPSA) is 62.0 Å². The van der Waals surface area contributed by atoms with E-state index < -0.39 is 0 Å². The van der Waals surface area contributed by atoms with Crippen molar-refractivity contribution in [2.45, 2.75) is 37.5 Å². The Kier molecular flexibility index (Phi) is 4.52. The lowest BCUT2D eigenvalue weighted by Crippen LogP contribution is -2.39. The number of nitrogens with one attached hydrogen (secondary N) is 2. The van der Waals surface area contributed by atoms with Gasteiger partial charge in [0.2, 0.25) is 0 Å². The minimum absolute atomic E-state index is 0.184. The van der Waals surface area contributed by atoms with Gasteiger partial charge >= 0.3 is 0 Å². The van der Waals surface area contributed by atoms with Gasteiger partial charge in [0.1, 0.15) is 5.69 Å². The first kappa shape index (κ1) is 15.2. The zero-order chi connectivity index (χ0) is 15.5. The Morgan fingerprint density at radius 3 is 3.00 bits per heavy atom. The Morgan fingerprint density at radius 1 is 1.36 bits per heavy atom. The molecule has 4 nitrogen and oxygen atoms in total. The van der Waals surface area contributed by atoms with Crippen molar-refractivity contribution in [3.05, 3.63) is 46.4 Å². The summed E-state index contributed by atoms with van der Waals surface area (Å²) < 4.78 is 0. The van der Waals surface area contributed by atoms with Crippen LogP contribution in [0.1, 0.15) is 36.7 Å². The predicted molar refractivity (Wildman–Crippen MR) is 91.6 cm³/mol. The fourth-order valence-electron chi connectivity index (χ4n) is 3.08. The SMILES string of the molecule is CCSC1CCCC1NC(=O)c1cc2ccccc2c(=O)[nH]1. The molecule has 1 aromatic heterocycles. The van der Waals surface area contributed by atoms with Crippen LogP contribution in [0.15, 0.2) is 35.1 Å². The lowest BCUT2D eigenvalue weighted by Gasteiger charge is -2.20. The number of carbonyl (C=O) groups excluding carboxylic acids is 1. The highest BCUT2D eigenvalue weighted by Crippen LogP contribution is 2.30. The smallest absolute Gasteiger partial charge is 0.268 e. The highest BCUT2D eigenvalue weighted by molar-refractivity contribution is 7.99. The number of hydrogen-bond donors (Lipinski definition) is 2. The average Bonchev–Trinajstić information content (AvgIpc) is 2.95. The van der Waals surface area contributed by atoms with E-state index in [1.165, 1.54) is 0 Å². The Morgan fingerprint density at radius 2 is 2.18 bits per heavy atom. The molecular weight excluding hydrogens is 296 g/mol. The van der Waals surface area contributed by atoms with Gasteiger partial charge in [-0.1, -0.05) is 31.5 Å². The van der Waals surface area contributed by atoms with Crippen molar-refractivity contribution in [1.29, 1.82) is 0 Å². The molecule has 0 saturated heterocycles. The van der Waals surface area contributed by atoms with Gasteiger partial charge in [0, 0.05) is 16.7 Å². The van der Waals surface area contributed by atoms with Gasteiger partial charge in [-0.15, -0.1) is 0 Å². The number of benzene rings is 1. The van der Waals surface area contributed by atoms with E-state index in [9.17, 15) is 9.59 Å². The minimum atomic E-state index is -0.214. The summed E-state index contributed by atoms with van der Waals surface area (Å²) in [5.41, 5.74) is 0.130. The number of carbonyl (C=O) groups is 1. The second kappa shape index (κ2) is 6.57. The number of fused-ring (bicyclic) bond motifs is 1. The van der Waals surface area contributed by atoms with Gasteiger partial charge in [-0.05, 0) is 36.1 Å². The number of thioether (sulfide) groups is 1. The van der Waals surface area contributed by atoms with E-state index in [4.69, 9.17) is 0 Å². The van der Waals surface area contributed by atoms with Crippen LogP contribution in [0.5, 0.6) is 0 Å². The molecule has 1 aliphatic rings. The molecule has 116 valence electrons. The molecule has 22 heavy (non-hydrogen) atoms. The molecule has 2 atom stereocenters. The Hall–Kier alpha value is -1.75. The van der Waals surface area contributed by atoms with Gasteiger partial charge in [-0.25, -0.2) is 0 Å². The van der Waals surface area contributed by atoms with Crippen LogP contribution in [0, 0.1) is 0 Å². The molecule has 5 heteroatoms. The summed E-state index contributed by atoms with van der Waals surface area (Å²) in [6.45, 7) is 2.14. The summed E-state index contributed by atoms with van der Waals surface area (Å²) in [5, 5.41) is 4.98. The van der Waals surface area contributed by atoms with Gasteiger partial charge in [-0.3, -0.25) is 9.59 Å². The van der Waals surface area contributed by atoms with Gasteiger partial charge in [0.25, 0.3) is 11.5 Å². The summed E-state index contributed by atoms with van der Waals surface area (Å²) in [6.07, 6.45) is 3.32. The van der Waals surface area contributed by atoms with Gasteiger partial charge in [0.15, 0.2) is 0 Å². The molecule has 1 aliphatic carbocycles. The van der Waals surface area contributed by atoms with Crippen molar-refractivity contribution in [3.8, 4) is 0 Å². The Labute approximate surface area is 133 Å². The number of H-pyrrole nitrogens is 1. The summed E-state index contributed by atoms with van der Waals surface area (Å²) >= 11 is 1.90. The van der Waals surface area contributed by atoms with Crippen molar-refractivity contribution in [1.82, 2.24) is 10.3 Å². The van der Waals surface area contributed by atoms with E-state index >= 15 is 0 Å². The van der Waals surface area contributed by atoms with Crippen LogP contribution >= 0.6 is 11.8 Å². The van der Waals surface area contributed by atoms with E-state index in [0.717, 1.165) is 30.4 Å². The molecule has 1 aromatic carbocycles. The number of aromatic amines is 1. The maximum Gasteiger partial charge on any atom is 0.268 e. The second-order valence-corrected chi connectivity index (χ2v) is 7.12. The molecule has 0 aliphatic heterocycles. The first-order valence-electron chi connectivity index (χ1n) is 7.73. The number of aromatic nitrogens is 1. The molecule has 3 rings (SSSR count). The molecule has 0 spiro atoms. The first-order chi connectivity index (χ1) is 10.7. The third-order valence-corrected chi connectivity index (χ3v) is 5.47. The zero-order valence-corrected chi connectivity index (χ0v) is 13.4. The van der Waals surface area contributed by atoms with Crippen LogP contribution in [0.3, 0.4) is 0 Å². The first-order valence-corrected chi connectivity index (χ1v) is 8.78. The number of rotatable bonds is 4. The van der Waals surface area contributed by atoms with Crippen LogP contribution in [0.25, 0.3) is 10.8 Å². The summed E-state index contributed by atoms with van der Waals surface area (Å²) in [6, 6.07) is 9.26. The van der Waals surface area contributed by atoms with Crippen molar-refractivity contribution < 1.29 is 4.79 Å². The minimum Gasteiger partial charge on any atom is -0.347 e. The van der Waals surface area contributed by atoms with Crippen molar-refractivity contribution >= 4 is 28.4 Å². The summed E-state index contributed by atoms with van der Waals surface area (Å²) in [4.78, 5) is 27.2.